The van der Waals surface area contributed by atoms with E-state index in [4.69, 9.17) is 0 Å². The SMILES string of the molecule is [CH2]C(C)CCC(CCC=C)C(=C)C. The van der Waals surface area contributed by atoms with Gasteiger partial charge in [0.15, 0.2) is 0 Å². The lowest BCUT2D eigenvalue weighted by atomic mass is 9.89. The Labute approximate surface area is 83.7 Å². The molecule has 0 aliphatic heterocycles. The molecule has 0 aliphatic rings. The van der Waals surface area contributed by atoms with Crippen LogP contribution in [0, 0.1) is 18.8 Å². The van der Waals surface area contributed by atoms with E-state index in [9.17, 15) is 0 Å². The Morgan fingerprint density at radius 1 is 1.31 bits per heavy atom. The second-order valence-corrected chi connectivity index (χ2v) is 4.09. The zero-order chi connectivity index (χ0) is 10.3. The zero-order valence-electron chi connectivity index (χ0n) is 9.18. The van der Waals surface area contributed by atoms with Crippen molar-refractivity contribution in [3.8, 4) is 0 Å². The normalized spacial score (nSPS) is 12.9. The molecule has 0 rings (SSSR count). The summed E-state index contributed by atoms with van der Waals surface area (Å²) < 4.78 is 0. The first-order valence-electron chi connectivity index (χ1n) is 5.17. The molecule has 0 nitrogen and oxygen atoms in total. The van der Waals surface area contributed by atoms with Crippen LogP contribution >= 0.6 is 0 Å². The summed E-state index contributed by atoms with van der Waals surface area (Å²) >= 11 is 0. The van der Waals surface area contributed by atoms with E-state index in [-0.39, 0.29) is 0 Å². The molecule has 0 spiro atoms. The third-order valence-corrected chi connectivity index (χ3v) is 2.42. The Kier molecular flexibility index (Phi) is 6.66. The van der Waals surface area contributed by atoms with E-state index in [0.29, 0.717) is 11.8 Å². The third-order valence-electron chi connectivity index (χ3n) is 2.42. The van der Waals surface area contributed by atoms with Crippen LogP contribution in [0.25, 0.3) is 0 Å². The van der Waals surface area contributed by atoms with E-state index in [2.05, 4.69) is 33.9 Å². The highest BCUT2D eigenvalue weighted by atomic mass is 14.1. The van der Waals surface area contributed by atoms with Gasteiger partial charge in [-0.15, -0.1) is 6.58 Å². The van der Waals surface area contributed by atoms with Crippen LogP contribution in [0.5, 0.6) is 0 Å². The van der Waals surface area contributed by atoms with Gasteiger partial charge in [-0.05, 0) is 38.0 Å². The summed E-state index contributed by atoms with van der Waals surface area (Å²) in [6.07, 6.45) is 6.72. The summed E-state index contributed by atoms with van der Waals surface area (Å²) in [5, 5.41) is 0. The second-order valence-electron chi connectivity index (χ2n) is 4.09. The summed E-state index contributed by atoms with van der Waals surface area (Å²) in [6.45, 7) is 16.1. The van der Waals surface area contributed by atoms with Gasteiger partial charge in [-0.3, -0.25) is 0 Å². The molecule has 0 heteroatoms. The smallest absolute Gasteiger partial charge is 0.0206 e. The van der Waals surface area contributed by atoms with E-state index in [1.165, 1.54) is 24.8 Å². The summed E-state index contributed by atoms with van der Waals surface area (Å²) in [7, 11) is 0. The summed E-state index contributed by atoms with van der Waals surface area (Å²) in [5.41, 5.74) is 1.31. The molecule has 0 heterocycles. The maximum Gasteiger partial charge on any atom is -0.0206 e. The molecule has 0 saturated heterocycles. The fraction of sp³-hybridized carbons (Fsp3) is 0.615. The molecule has 0 saturated carbocycles. The van der Waals surface area contributed by atoms with Crippen LogP contribution in [0.3, 0.4) is 0 Å². The Bertz CT molecular complexity index is 153. The van der Waals surface area contributed by atoms with Gasteiger partial charge >= 0.3 is 0 Å². The van der Waals surface area contributed by atoms with Crippen molar-refractivity contribution in [3.63, 3.8) is 0 Å². The fourth-order valence-electron chi connectivity index (χ4n) is 1.44. The van der Waals surface area contributed by atoms with Crippen molar-refractivity contribution in [2.24, 2.45) is 11.8 Å². The quantitative estimate of drug-likeness (QED) is 0.508. The highest BCUT2D eigenvalue weighted by Crippen LogP contribution is 2.23. The Hall–Kier alpha value is -0.520. The summed E-state index contributed by atoms with van der Waals surface area (Å²) in [5.74, 6) is 1.23. The topological polar surface area (TPSA) is 0 Å². The van der Waals surface area contributed by atoms with Crippen molar-refractivity contribution in [2.45, 2.75) is 39.5 Å². The highest BCUT2D eigenvalue weighted by Gasteiger charge is 2.08. The van der Waals surface area contributed by atoms with Gasteiger partial charge < -0.3 is 0 Å². The molecule has 0 amide bonds. The Morgan fingerprint density at radius 2 is 1.92 bits per heavy atom. The molecule has 13 heavy (non-hydrogen) atoms. The maximum absolute atomic E-state index is 4.03. The Morgan fingerprint density at radius 3 is 2.31 bits per heavy atom. The average molecular weight is 179 g/mol. The van der Waals surface area contributed by atoms with Crippen LogP contribution in [0.15, 0.2) is 24.8 Å². The molecule has 0 aromatic rings. The van der Waals surface area contributed by atoms with Crippen molar-refractivity contribution >= 4 is 0 Å². The molecule has 0 N–H and O–H groups in total. The first-order valence-corrected chi connectivity index (χ1v) is 5.17. The largest absolute Gasteiger partial charge is 0.103 e. The standard InChI is InChI=1S/C13H23/c1-6-7-8-13(12(4)5)10-9-11(2)3/h6,11,13H,1-2,4,7-10H2,3,5H3. The first kappa shape index (κ1) is 12.5. The van der Waals surface area contributed by atoms with Gasteiger partial charge in [0.2, 0.25) is 0 Å². The number of hydrogen-bond acceptors (Lipinski definition) is 0. The molecular weight excluding hydrogens is 156 g/mol. The van der Waals surface area contributed by atoms with E-state index in [1.54, 1.807) is 0 Å². The predicted molar refractivity (Wildman–Crippen MR) is 61.5 cm³/mol. The van der Waals surface area contributed by atoms with E-state index in [0.717, 1.165) is 6.42 Å². The minimum absolute atomic E-state index is 0.561. The molecule has 2 atom stereocenters. The van der Waals surface area contributed by atoms with E-state index in [1.807, 2.05) is 6.08 Å². The molecular formula is C13H23. The van der Waals surface area contributed by atoms with Crippen LogP contribution < -0.4 is 0 Å². The number of hydrogen-bond donors (Lipinski definition) is 0. The van der Waals surface area contributed by atoms with Crippen molar-refractivity contribution < 1.29 is 0 Å². The van der Waals surface area contributed by atoms with Gasteiger partial charge in [0, 0.05) is 0 Å². The highest BCUT2D eigenvalue weighted by molar-refractivity contribution is 4.96. The average Bonchev–Trinajstić information content (AvgIpc) is 2.03. The Balaban J connectivity index is 3.80. The van der Waals surface area contributed by atoms with Crippen molar-refractivity contribution in [3.05, 3.63) is 31.7 Å². The third kappa shape index (κ3) is 6.62. The molecule has 1 radical (unpaired) electrons. The lowest BCUT2D eigenvalue weighted by Gasteiger charge is -2.17. The minimum atomic E-state index is 0.561. The molecule has 75 valence electrons. The molecule has 0 aromatic carbocycles. The maximum atomic E-state index is 4.03. The lowest BCUT2D eigenvalue weighted by molar-refractivity contribution is 0.466. The molecule has 0 bridgehead atoms. The molecule has 0 fully saturated rings. The van der Waals surface area contributed by atoms with Crippen molar-refractivity contribution in [2.75, 3.05) is 0 Å². The van der Waals surface area contributed by atoms with Gasteiger partial charge in [-0.1, -0.05) is 38.5 Å². The molecule has 0 aromatic heterocycles. The monoisotopic (exact) mass is 179 g/mol. The van der Waals surface area contributed by atoms with Crippen LogP contribution in [-0.2, 0) is 0 Å². The van der Waals surface area contributed by atoms with Gasteiger partial charge in [0.05, 0.1) is 0 Å². The van der Waals surface area contributed by atoms with Gasteiger partial charge in [0.25, 0.3) is 0 Å². The first-order chi connectivity index (χ1) is 6.07. The van der Waals surface area contributed by atoms with Crippen LogP contribution in [0.1, 0.15) is 39.5 Å². The van der Waals surface area contributed by atoms with Crippen molar-refractivity contribution in [1.29, 1.82) is 0 Å². The fourth-order valence-corrected chi connectivity index (χ4v) is 1.44. The van der Waals surface area contributed by atoms with Gasteiger partial charge in [-0.2, -0.15) is 0 Å². The minimum Gasteiger partial charge on any atom is -0.103 e. The van der Waals surface area contributed by atoms with Gasteiger partial charge in [-0.25, -0.2) is 0 Å². The number of allylic oxidation sites excluding steroid dienone is 2. The van der Waals surface area contributed by atoms with Crippen LogP contribution in [0.2, 0.25) is 0 Å². The van der Waals surface area contributed by atoms with Crippen LogP contribution in [0.4, 0.5) is 0 Å². The lowest BCUT2D eigenvalue weighted by Crippen LogP contribution is -2.03. The molecule has 2 unspecified atom stereocenters. The number of rotatable bonds is 7. The van der Waals surface area contributed by atoms with Crippen molar-refractivity contribution in [1.82, 2.24) is 0 Å². The van der Waals surface area contributed by atoms with E-state index < -0.39 is 0 Å². The molecule has 0 aliphatic carbocycles. The zero-order valence-corrected chi connectivity index (χ0v) is 9.18. The van der Waals surface area contributed by atoms with E-state index >= 15 is 0 Å². The summed E-state index contributed by atoms with van der Waals surface area (Å²) in [6, 6.07) is 0. The summed E-state index contributed by atoms with van der Waals surface area (Å²) in [4.78, 5) is 0. The second kappa shape index (κ2) is 6.94. The van der Waals surface area contributed by atoms with Crippen LogP contribution in [-0.4, -0.2) is 0 Å². The van der Waals surface area contributed by atoms with Gasteiger partial charge in [0.1, 0.15) is 0 Å². The predicted octanol–water partition coefficient (Wildman–Crippen LogP) is 4.40.